The van der Waals surface area contributed by atoms with Crippen LogP contribution in [0.4, 0.5) is 13.2 Å². The third-order valence-corrected chi connectivity index (χ3v) is 3.86. The molecule has 22 heavy (non-hydrogen) atoms. The molecule has 1 heterocycles. The minimum Gasteiger partial charge on any atom is -0.309 e. The predicted octanol–water partition coefficient (Wildman–Crippen LogP) is 3.78. The van der Waals surface area contributed by atoms with Crippen LogP contribution in [0.3, 0.4) is 0 Å². The molecule has 0 unspecified atom stereocenters. The highest BCUT2D eigenvalue weighted by Gasteiger charge is 2.43. The van der Waals surface area contributed by atoms with Gasteiger partial charge in [-0.05, 0) is 25.8 Å². The number of rotatable bonds is 3. The second kappa shape index (κ2) is 5.94. The maximum absolute atomic E-state index is 12.7. The lowest BCUT2D eigenvalue weighted by atomic mass is 9.95. The normalized spacial score (nSPS) is 17.7. The molecular weight excluding hydrogens is 295 g/mol. The second-order valence-electron chi connectivity index (χ2n) is 5.24. The van der Waals surface area contributed by atoms with Crippen molar-refractivity contribution in [3.05, 3.63) is 47.2 Å². The first kappa shape index (κ1) is 16.3. The van der Waals surface area contributed by atoms with Gasteiger partial charge in [0.25, 0.3) is 5.78 Å². The van der Waals surface area contributed by atoms with E-state index in [2.05, 4.69) is 0 Å². The topological polar surface area (TPSA) is 37.4 Å². The van der Waals surface area contributed by atoms with Crippen LogP contribution in [0.15, 0.2) is 41.6 Å². The fourth-order valence-electron chi connectivity index (χ4n) is 2.70. The molecule has 6 heteroatoms. The summed E-state index contributed by atoms with van der Waals surface area (Å²) >= 11 is 0. The molecule has 0 aliphatic carbocycles. The number of hydrogen-bond acceptors (Lipinski definition) is 2. The van der Waals surface area contributed by atoms with Gasteiger partial charge in [-0.1, -0.05) is 30.3 Å². The minimum absolute atomic E-state index is 0.0916. The van der Waals surface area contributed by atoms with E-state index in [1.807, 2.05) is 6.07 Å². The molecule has 0 saturated carbocycles. The molecule has 1 atom stereocenters. The number of ketones is 1. The smallest absolute Gasteiger partial charge is 0.309 e. The van der Waals surface area contributed by atoms with E-state index in [4.69, 9.17) is 0 Å². The van der Waals surface area contributed by atoms with Crippen LogP contribution in [0, 0.1) is 0 Å². The number of alkyl halides is 3. The van der Waals surface area contributed by atoms with Crippen molar-refractivity contribution in [3.63, 3.8) is 0 Å². The van der Waals surface area contributed by atoms with Gasteiger partial charge in [-0.15, -0.1) is 0 Å². The number of halogens is 3. The molecule has 118 valence electrons. The van der Waals surface area contributed by atoms with Gasteiger partial charge in [0, 0.05) is 17.7 Å². The highest BCUT2D eigenvalue weighted by atomic mass is 19.4. The first-order valence-corrected chi connectivity index (χ1v) is 6.91. The summed E-state index contributed by atoms with van der Waals surface area (Å²) in [6.45, 7) is 3.13. The number of allylic oxidation sites excluding steroid dienone is 2. The van der Waals surface area contributed by atoms with Crippen LogP contribution in [-0.4, -0.2) is 22.8 Å². The van der Waals surface area contributed by atoms with Crippen molar-refractivity contribution in [1.82, 2.24) is 4.90 Å². The Hall–Kier alpha value is -2.11. The van der Waals surface area contributed by atoms with Gasteiger partial charge in [-0.3, -0.25) is 9.59 Å². The molecule has 0 saturated heterocycles. The predicted molar refractivity (Wildman–Crippen MR) is 74.7 cm³/mol. The number of amides is 1. The van der Waals surface area contributed by atoms with E-state index < -0.39 is 18.0 Å². The van der Waals surface area contributed by atoms with E-state index in [9.17, 15) is 22.8 Å². The molecule has 2 rings (SSSR count). The number of Topliss-reactive ketones (excluding diaryl/α,β-unsaturated/α-hetero) is 1. The van der Waals surface area contributed by atoms with Gasteiger partial charge in [0.1, 0.15) is 0 Å². The van der Waals surface area contributed by atoms with E-state index in [-0.39, 0.29) is 30.0 Å². The first-order chi connectivity index (χ1) is 10.2. The Morgan fingerprint density at radius 3 is 2.32 bits per heavy atom. The average Bonchev–Trinajstić information content (AvgIpc) is 2.46. The zero-order valence-corrected chi connectivity index (χ0v) is 12.3. The van der Waals surface area contributed by atoms with Crippen LogP contribution in [-0.2, 0) is 9.59 Å². The summed E-state index contributed by atoms with van der Waals surface area (Å²) < 4.78 is 38.0. The second-order valence-corrected chi connectivity index (χ2v) is 5.24. The van der Waals surface area contributed by atoms with Gasteiger partial charge in [0.05, 0.1) is 6.04 Å². The number of nitrogens with zero attached hydrogens (tertiary/aromatic N) is 1. The molecule has 3 nitrogen and oxygen atoms in total. The van der Waals surface area contributed by atoms with Crippen molar-refractivity contribution in [2.45, 2.75) is 38.9 Å². The number of hydrogen-bond donors (Lipinski definition) is 0. The summed E-state index contributed by atoms with van der Waals surface area (Å²) in [6, 6.07) is 8.57. The van der Waals surface area contributed by atoms with E-state index in [0.29, 0.717) is 0 Å². The Kier molecular flexibility index (Phi) is 4.39. The number of carbonyl (C=O) groups excluding carboxylic acids is 2. The third kappa shape index (κ3) is 3.05. The number of benzene rings is 1. The molecule has 1 amide bonds. The van der Waals surface area contributed by atoms with E-state index in [1.54, 1.807) is 31.2 Å². The van der Waals surface area contributed by atoms with Crippen LogP contribution in [0.5, 0.6) is 0 Å². The monoisotopic (exact) mass is 311 g/mol. The number of carbonyl (C=O) groups is 2. The fourth-order valence-corrected chi connectivity index (χ4v) is 2.70. The Balaban J connectivity index is 2.41. The Labute approximate surface area is 126 Å². The summed E-state index contributed by atoms with van der Waals surface area (Å²) in [4.78, 5) is 24.9. The maximum atomic E-state index is 12.7. The van der Waals surface area contributed by atoms with Crippen LogP contribution in [0.25, 0.3) is 0 Å². The van der Waals surface area contributed by atoms with Crippen molar-refractivity contribution < 1.29 is 22.8 Å². The van der Waals surface area contributed by atoms with E-state index in [1.165, 1.54) is 11.8 Å². The van der Waals surface area contributed by atoms with Gasteiger partial charge in [-0.2, -0.15) is 13.2 Å². The molecular formula is C16H16F3NO2. The Bertz CT molecular complexity index is 620. The van der Waals surface area contributed by atoms with Gasteiger partial charge >= 0.3 is 6.18 Å². The van der Waals surface area contributed by atoms with Crippen LogP contribution >= 0.6 is 0 Å². The lowest BCUT2D eigenvalue weighted by molar-refractivity contribution is -0.167. The molecule has 1 aliphatic heterocycles. The maximum Gasteiger partial charge on any atom is 0.454 e. The molecule has 1 aromatic carbocycles. The molecule has 0 bridgehead atoms. The van der Waals surface area contributed by atoms with Crippen LogP contribution < -0.4 is 0 Å². The summed E-state index contributed by atoms with van der Waals surface area (Å²) in [5, 5.41) is 0. The average molecular weight is 311 g/mol. The van der Waals surface area contributed by atoms with Gasteiger partial charge in [-0.25, -0.2) is 0 Å². The lowest BCUT2D eigenvalue weighted by Gasteiger charge is -2.35. The van der Waals surface area contributed by atoms with Gasteiger partial charge < -0.3 is 4.90 Å². The molecule has 1 aliphatic rings. The summed E-state index contributed by atoms with van der Waals surface area (Å²) in [6.07, 6.45) is -5.18. The van der Waals surface area contributed by atoms with Crippen LogP contribution in [0.1, 0.15) is 38.3 Å². The summed E-state index contributed by atoms with van der Waals surface area (Å²) in [7, 11) is 0. The van der Waals surface area contributed by atoms with Crippen molar-refractivity contribution in [2.24, 2.45) is 0 Å². The SMILES string of the molecule is CC1=C(C(=O)C(F)(F)F)CCC(=O)N1[C@H](C)c1ccccc1. The lowest BCUT2D eigenvalue weighted by Crippen LogP contribution is -2.38. The van der Waals surface area contributed by atoms with Crippen LogP contribution in [0.2, 0.25) is 0 Å². The molecule has 0 radical (unpaired) electrons. The zero-order valence-electron chi connectivity index (χ0n) is 12.3. The largest absolute Gasteiger partial charge is 0.454 e. The fraction of sp³-hybridized carbons (Fsp3) is 0.375. The van der Waals surface area contributed by atoms with Gasteiger partial charge in [0.15, 0.2) is 0 Å². The van der Waals surface area contributed by atoms with Gasteiger partial charge in [0.2, 0.25) is 5.91 Å². The van der Waals surface area contributed by atoms with Crippen molar-refractivity contribution in [2.75, 3.05) is 0 Å². The molecule has 1 aromatic rings. The summed E-state index contributed by atoms with van der Waals surface area (Å²) in [5.41, 5.74) is 0.570. The highest BCUT2D eigenvalue weighted by molar-refractivity contribution is 6.02. The third-order valence-electron chi connectivity index (χ3n) is 3.86. The molecule has 0 spiro atoms. The van der Waals surface area contributed by atoms with E-state index >= 15 is 0 Å². The highest BCUT2D eigenvalue weighted by Crippen LogP contribution is 2.34. The van der Waals surface area contributed by atoms with Crippen molar-refractivity contribution in [3.8, 4) is 0 Å². The van der Waals surface area contributed by atoms with Crippen molar-refractivity contribution in [1.29, 1.82) is 0 Å². The molecule has 0 aromatic heterocycles. The Morgan fingerprint density at radius 1 is 1.18 bits per heavy atom. The Morgan fingerprint density at radius 2 is 1.77 bits per heavy atom. The van der Waals surface area contributed by atoms with Crippen molar-refractivity contribution >= 4 is 11.7 Å². The van der Waals surface area contributed by atoms with E-state index in [0.717, 1.165) is 5.56 Å². The minimum atomic E-state index is -4.92. The zero-order chi connectivity index (χ0) is 16.5. The quantitative estimate of drug-likeness (QED) is 0.852. The molecule has 0 N–H and O–H groups in total. The first-order valence-electron chi connectivity index (χ1n) is 6.91. The molecule has 0 fully saturated rings. The standard InChI is InChI=1S/C16H16F3NO2/c1-10(12-6-4-3-5-7-12)20-11(2)13(8-9-14(20)21)15(22)16(17,18)19/h3-7,10H,8-9H2,1-2H3/t10-/m1/s1. The summed E-state index contributed by atoms with van der Waals surface area (Å²) in [5.74, 6) is -2.13.